The van der Waals surface area contributed by atoms with Crippen molar-refractivity contribution in [1.82, 2.24) is 0 Å². The summed E-state index contributed by atoms with van der Waals surface area (Å²) in [6.45, 7) is 9.31. The van der Waals surface area contributed by atoms with E-state index in [0.29, 0.717) is 0 Å². The molecule has 2 unspecified atom stereocenters. The highest BCUT2D eigenvalue weighted by atomic mass is 14.2. The van der Waals surface area contributed by atoms with Crippen molar-refractivity contribution < 1.29 is 0 Å². The second kappa shape index (κ2) is 14.4. The highest BCUT2D eigenvalue weighted by Crippen LogP contribution is 2.27. The fourth-order valence-electron chi connectivity index (χ4n) is 3.01. The lowest BCUT2D eigenvalue weighted by atomic mass is 9.84. The second-order valence-corrected chi connectivity index (χ2v) is 6.25. The first kappa shape index (κ1) is 19.0. The van der Waals surface area contributed by atoms with Gasteiger partial charge in [-0.1, -0.05) is 105 Å². The van der Waals surface area contributed by atoms with Gasteiger partial charge in [-0.05, 0) is 18.3 Å². The van der Waals surface area contributed by atoms with E-state index in [1.54, 1.807) is 0 Å². The van der Waals surface area contributed by atoms with Crippen LogP contribution in [0.25, 0.3) is 0 Å². The molecule has 0 spiro atoms. The molecule has 19 heavy (non-hydrogen) atoms. The van der Waals surface area contributed by atoms with Gasteiger partial charge in [0.25, 0.3) is 0 Å². The third-order valence-electron chi connectivity index (χ3n) is 4.34. The van der Waals surface area contributed by atoms with Crippen molar-refractivity contribution in [1.29, 1.82) is 0 Å². The molecular formula is C19H39. The minimum absolute atomic E-state index is 0.882. The average molecular weight is 268 g/mol. The topological polar surface area (TPSA) is 0 Å². The van der Waals surface area contributed by atoms with Crippen molar-refractivity contribution in [2.45, 2.75) is 105 Å². The monoisotopic (exact) mass is 267 g/mol. The molecule has 0 aliphatic heterocycles. The van der Waals surface area contributed by atoms with Crippen LogP contribution in [0.4, 0.5) is 0 Å². The first-order valence-electron chi connectivity index (χ1n) is 9.13. The first-order chi connectivity index (χ1) is 9.28. The first-order valence-corrected chi connectivity index (χ1v) is 9.13. The predicted octanol–water partition coefficient (Wildman–Crippen LogP) is 7.18. The van der Waals surface area contributed by atoms with Crippen molar-refractivity contribution in [3.63, 3.8) is 0 Å². The average Bonchev–Trinajstić information content (AvgIpc) is 2.43. The molecule has 0 heterocycles. The highest BCUT2D eigenvalue weighted by Gasteiger charge is 2.14. The van der Waals surface area contributed by atoms with Crippen LogP contribution in [0.5, 0.6) is 0 Å². The molecule has 0 aromatic rings. The molecule has 2 atom stereocenters. The Bertz CT molecular complexity index is 161. The van der Waals surface area contributed by atoms with Crippen LogP contribution in [0.15, 0.2) is 0 Å². The van der Waals surface area contributed by atoms with Crippen LogP contribution in [0.2, 0.25) is 0 Å². The molecule has 0 fully saturated rings. The molecule has 0 rings (SSSR count). The Morgan fingerprint density at radius 3 is 1.79 bits per heavy atom. The number of hydrogen-bond acceptors (Lipinski definition) is 0. The van der Waals surface area contributed by atoms with E-state index in [1.807, 2.05) is 0 Å². The summed E-state index contributed by atoms with van der Waals surface area (Å²) >= 11 is 0. The Kier molecular flexibility index (Phi) is 14.4. The molecule has 0 N–H and O–H groups in total. The molecule has 0 amide bonds. The molecular weight excluding hydrogens is 228 g/mol. The Morgan fingerprint density at radius 1 is 0.579 bits per heavy atom. The second-order valence-electron chi connectivity index (χ2n) is 6.25. The van der Waals surface area contributed by atoms with Gasteiger partial charge in [0.1, 0.15) is 0 Å². The summed E-state index contributed by atoms with van der Waals surface area (Å²) in [6, 6.07) is 0. The summed E-state index contributed by atoms with van der Waals surface area (Å²) in [5.74, 6) is 1.78. The van der Waals surface area contributed by atoms with Crippen molar-refractivity contribution in [2.75, 3.05) is 0 Å². The summed E-state index contributed by atoms with van der Waals surface area (Å²) in [4.78, 5) is 0. The largest absolute Gasteiger partial charge is 0.0654 e. The molecule has 0 aromatic heterocycles. The van der Waals surface area contributed by atoms with Crippen LogP contribution in [-0.2, 0) is 0 Å². The number of rotatable bonds is 14. The van der Waals surface area contributed by atoms with E-state index in [2.05, 4.69) is 34.1 Å². The predicted molar refractivity (Wildman–Crippen MR) is 89.4 cm³/mol. The van der Waals surface area contributed by atoms with Gasteiger partial charge in [0.15, 0.2) is 0 Å². The minimum Gasteiger partial charge on any atom is -0.0654 e. The standard InChI is InChI=1S/C19H39/c1-5-9-11-12-13-16-19(14-7-3)17-18(8-4)15-10-6-2/h17-19H,5-16H2,1-4H3. The Labute approximate surface area is 123 Å². The number of hydrogen-bond donors (Lipinski definition) is 0. The molecule has 1 radical (unpaired) electrons. The zero-order valence-electron chi connectivity index (χ0n) is 14.2. The summed E-state index contributed by atoms with van der Waals surface area (Å²) in [5, 5.41) is 0. The maximum absolute atomic E-state index is 2.72. The molecule has 0 aliphatic rings. The maximum atomic E-state index is 2.72. The molecule has 0 aliphatic carbocycles. The van der Waals surface area contributed by atoms with Crippen molar-refractivity contribution in [2.24, 2.45) is 11.8 Å². The van der Waals surface area contributed by atoms with Crippen LogP contribution in [-0.4, -0.2) is 0 Å². The Hall–Kier alpha value is 0. The van der Waals surface area contributed by atoms with Crippen molar-refractivity contribution in [3.05, 3.63) is 6.42 Å². The van der Waals surface area contributed by atoms with Crippen molar-refractivity contribution in [3.8, 4) is 0 Å². The molecule has 0 heteroatoms. The summed E-state index contributed by atoms with van der Waals surface area (Å²) in [6.07, 6.45) is 19.6. The smallest absolute Gasteiger partial charge is 0.0324 e. The van der Waals surface area contributed by atoms with E-state index >= 15 is 0 Å². The van der Waals surface area contributed by atoms with Gasteiger partial charge in [-0.3, -0.25) is 0 Å². The third-order valence-corrected chi connectivity index (χ3v) is 4.34. The van der Waals surface area contributed by atoms with Gasteiger partial charge in [-0.25, -0.2) is 0 Å². The van der Waals surface area contributed by atoms with Crippen molar-refractivity contribution >= 4 is 0 Å². The summed E-state index contributed by atoms with van der Waals surface area (Å²) in [7, 11) is 0. The highest BCUT2D eigenvalue weighted by molar-refractivity contribution is 4.83. The summed E-state index contributed by atoms with van der Waals surface area (Å²) in [5.41, 5.74) is 0. The van der Waals surface area contributed by atoms with Gasteiger partial charge in [0.05, 0.1) is 0 Å². The van der Waals surface area contributed by atoms with E-state index in [1.165, 1.54) is 77.0 Å². The lowest BCUT2D eigenvalue weighted by Gasteiger charge is -2.22. The van der Waals surface area contributed by atoms with E-state index in [-0.39, 0.29) is 0 Å². The normalized spacial score (nSPS) is 14.5. The lowest BCUT2D eigenvalue weighted by molar-refractivity contribution is 0.391. The van der Waals surface area contributed by atoms with Gasteiger partial charge < -0.3 is 0 Å². The zero-order chi connectivity index (χ0) is 14.3. The Morgan fingerprint density at radius 2 is 1.21 bits per heavy atom. The quantitative estimate of drug-likeness (QED) is 0.292. The van der Waals surface area contributed by atoms with E-state index < -0.39 is 0 Å². The van der Waals surface area contributed by atoms with Gasteiger partial charge in [-0.2, -0.15) is 0 Å². The molecule has 0 saturated carbocycles. The van der Waals surface area contributed by atoms with E-state index in [0.717, 1.165) is 11.8 Å². The molecule has 0 saturated heterocycles. The molecule has 0 bridgehead atoms. The van der Waals surface area contributed by atoms with E-state index in [9.17, 15) is 0 Å². The van der Waals surface area contributed by atoms with Crippen LogP contribution in [0, 0.1) is 18.3 Å². The SMILES string of the molecule is CCCCCCCC([CH]C(CC)CCCC)CCC. The molecule has 115 valence electrons. The molecule has 0 aromatic carbocycles. The van der Waals surface area contributed by atoms with Gasteiger partial charge in [-0.15, -0.1) is 0 Å². The van der Waals surface area contributed by atoms with Gasteiger partial charge in [0.2, 0.25) is 0 Å². The zero-order valence-corrected chi connectivity index (χ0v) is 14.2. The summed E-state index contributed by atoms with van der Waals surface area (Å²) < 4.78 is 0. The number of unbranched alkanes of at least 4 members (excludes halogenated alkanes) is 5. The maximum Gasteiger partial charge on any atom is -0.0324 e. The van der Waals surface area contributed by atoms with Crippen LogP contribution >= 0.6 is 0 Å². The van der Waals surface area contributed by atoms with Crippen LogP contribution in [0.1, 0.15) is 105 Å². The van der Waals surface area contributed by atoms with Crippen LogP contribution < -0.4 is 0 Å². The van der Waals surface area contributed by atoms with Gasteiger partial charge >= 0.3 is 0 Å². The fourth-order valence-corrected chi connectivity index (χ4v) is 3.01. The van der Waals surface area contributed by atoms with E-state index in [4.69, 9.17) is 0 Å². The fraction of sp³-hybridized carbons (Fsp3) is 0.947. The molecule has 0 nitrogen and oxygen atoms in total. The lowest BCUT2D eigenvalue weighted by Crippen LogP contribution is -2.10. The van der Waals surface area contributed by atoms with Gasteiger partial charge in [0, 0.05) is 0 Å². The Balaban J connectivity index is 3.86. The van der Waals surface area contributed by atoms with Crippen LogP contribution in [0.3, 0.4) is 0 Å². The minimum atomic E-state index is 0.882. The third kappa shape index (κ3) is 11.5.